The number of ether oxygens (including phenoxy) is 1. The van der Waals surface area contributed by atoms with Gasteiger partial charge in [-0.15, -0.1) is 0 Å². The monoisotopic (exact) mass is 400 g/mol. The summed E-state index contributed by atoms with van der Waals surface area (Å²) < 4.78 is 7.02. The Morgan fingerprint density at radius 2 is 2.00 bits per heavy atom. The van der Waals surface area contributed by atoms with Crippen LogP contribution in [0.2, 0.25) is 0 Å². The van der Waals surface area contributed by atoms with Crippen molar-refractivity contribution in [3.05, 3.63) is 34.3 Å². The van der Waals surface area contributed by atoms with E-state index in [4.69, 9.17) is 17.0 Å². The van der Waals surface area contributed by atoms with Gasteiger partial charge < -0.3 is 4.74 Å². The first-order valence-corrected chi connectivity index (χ1v) is 9.80. The largest absolute Gasteiger partial charge is 0.479 e. The Labute approximate surface area is 150 Å². The van der Waals surface area contributed by atoms with Crippen molar-refractivity contribution < 1.29 is 9.53 Å². The number of rotatable bonds is 5. The molecule has 2 rings (SSSR count). The number of thioether (sulfide) groups is 1. The van der Waals surface area contributed by atoms with Crippen molar-refractivity contribution in [3.8, 4) is 0 Å². The SMILES string of the molecule is CCOC(=S)SC1CCCCC1CC(=O)c1ccc(Br)cc1. The lowest BCUT2D eigenvalue weighted by Crippen LogP contribution is -2.26. The molecule has 0 spiro atoms. The molecule has 0 bridgehead atoms. The second-order valence-corrected chi connectivity index (χ2v) is 8.27. The summed E-state index contributed by atoms with van der Waals surface area (Å²) in [6.45, 7) is 2.56. The van der Waals surface area contributed by atoms with Crippen LogP contribution in [-0.2, 0) is 4.74 Å². The summed E-state index contributed by atoms with van der Waals surface area (Å²) in [6, 6.07) is 7.62. The van der Waals surface area contributed by atoms with E-state index < -0.39 is 0 Å². The highest BCUT2D eigenvalue weighted by Crippen LogP contribution is 2.37. The third kappa shape index (κ3) is 5.36. The summed E-state index contributed by atoms with van der Waals surface area (Å²) >= 11 is 10.3. The van der Waals surface area contributed by atoms with Gasteiger partial charge in [-0.05, 0) is 50.0 Å². The molecule has 1 aromatic rings. The minimum atomic E-state index is 0.229. The van der Waals surface area contributed by atoms with Crippen LogP contribution in [0.5, 0.6) is 0 Å². The van der Waals surface area contributed by atoms with E-state index >= 15 is 0 Å². The standard InChI is InChI=1S/C17H21BrO2S2/c1-2-20-17(21)22-16-6-4-3-5-13(16)11-15(19)12-7-9-14(18)10-8-12/h7-10,13,16H,2-6,11H2,1H3. The van der Waals surface area contributed by atoms with E-state index in [0.29, 0.717) is 28.6 Å². The lowest BCUT2D eigenvalue weighted by atomic mass is 9.84. The van der Waals surface area contributed by atoms with Gasteiger partial charge >= 0.3 is 0 Å². The Bertz CT molecular complexity index is 516. The minimum absolute atomic E-state index is 0.229. The first kappa shape index (κ1) is 18.0. The molecule has 1 aliphatic carbocycles. The number of hydrogen-bond donors (Lipinski definition) is 0. The van der Waals surface area contributed by atoms with Gasteiger partial charge in [-0.25, -0.2) is 0 Å². The number of benzene rings is 1. The third-order valence-electron chi connectivity index (χ3n) is 3.96. The number of thiocarbonyl (C=S) groups is 1. The van der Waals surface area contributed by atoms with Crippen LogP contribution in [0.4, 0.5) is 0 Å². The summed E-state index contributed by atoms with van der Waals surface area (Å²) in [7, 11) is 0. The summed E-state index contributed by atoms with van der Waals surface area (Å²) in [5, 5.41) is 0.409. The van der Waals surface area contributed by atoms with Crippen molar-refractivity contribution in [1.82, 2.24) is 0 Å². The van der Waals surface area contributed by atoms with Crippen LogP contribution >= 0.6 is 39.9 Å². The van der Waals surface area contributed by atoms with Gasteiger partial charge in [0.2, 0.25) is 4.38 Å². The number of carbonyl (C=O) groups excluding carboxylic acids is 1. The molecule has 2 unspecified atom stereocenters. The molecule has 1 aromatic carbocycles. The van der Waals surface area contributed by atoms with Crippen LogP contribution in [0.3, 0.4) is 0 Å². The summed E-state index contributed by atoms with van der Waals surface area (Å²) in [4.78, 5) is 12.5. The van der Waals surface area contributed by atoms with Crippen molar-refractivity contribution in [3.63, 3.8) is 0 Å². The topological polar surface area (TPSA) is 26.3 Å². The maximum Gasteiger partial charge on any atom is 0.220 e. The highest BCUT2D eigenvalue weighted by Gasteiger charge is 2.29. The van der Waals surface area contributed by atoms with Gasteiger partial charge in [0, 0.05) is 21.7 Å². The van der Waals surface area contributed by atoms with Crippen molar-refractivity contribution >= 4 is 50.1 Å². The van der Waals surface area contributed by atoms with Gasteiger partial charge in [-0.2, -0.15) is 0 Å². The van der Waals surface area contributed by atoms with E-state index in [-0.39, 0.29) is 5.78 Å². The maximum absolute atomic E-state index is 12.5. The molecule has 1 aliphatic rings. The number of Topliss-reactive ketones (excluding diaryl/α,β-unsaturated/α-hetero) is 1. The Morgan fingerprint density at radius 3 is 2.68 bits per heavy atom. The molecule has 2 atom stereocenters. The third-order valence-corrected chi connectivity index (χ3v) is 6.13. The number of carbonyl (C=O) groups is 1. The Morgan fingerprint density at radius 1 is 1.32 bits per heavy atom. The number of ketones is 1. The molecule has 0 aliphatic heterocycles. The zero-order valence-electron chi connectivity index (χ0n) is 12.7. The second kappa shape index (κ2) is 9.04. The molecule has 0 radical (unpaired) electrons. The van der Waals surface area contributed by atoms with Crippen LogP contribution < -0.4 is 0 Å². The summed E-state index contributed by atoms with van der Waals surface area (Å²) in [5.74, 6) is 0.626. The van der Waals surface area contributed by atoms with E-state index in [0.717, 1.165) is 22.9 Å². The van der Waals surface area contributed by atoms with Gasteiger partial charge in [0.15, 0.2) is 5.78 Å². The predicted molar refractivity (Wildman–Crippen MR) is 101 cm³/mol. The number of hydrogen-bond acceptors (Lipinski definition) is 4. The highest BCUT2D eigenvalue weighted by molar-refractivity contribution is 9.10. The highest BCUT2D eigenvalue weighted by atomic mass is 79.9. The van der Waals surface area contributed by atoms with Crippen LogP contribution in [0.15, 0.2) is 28.7 Å². The molecule has 0 saturated heterocycles. The molecule has 1 saturated carbocycles. The van der Waals surface area contributed by atoms with E-state index in [2.05, 4.69) is 15.9 Å². The zero-order chi connectivity index (χ0) is 15.9. The van der Waals surface area contributed by atoms with E-state index in [1.54, 1.807) is 11.8 Å². The summed E-state index contributed by atoms with van der Waals surface area (Å²) in [6.07, 6.45) is 5.25. The lowest BCUT2D eigenvalue weighted by Gasteiger charge is -2.30. The van der Waals surface area contributed by atoms with Gasteiger partial charge in [-0.3, -0.25) is 4.79 Å². The molecule has 0 amide bonds. The zero-order valence-corrected chi connectivity index (χ0v) is 15.9. The normalized spacial score (nSPS) is 21.4. The van der Waals surface area contributed by atoms with E-state index in [1.165, 1.54) is 12.8 Å². The molecule has 2 nitrogen and oxygen atoms in total. The lowest BCUT2D eigenvalue weighted by molar-refractivity contribution is 0.0952. The molecule has 5 heteroatoms. The van der Waals surface area contributed by atoms with Crippen molar-refractivity contribution in [2.24, 2.45) is 5.92 Å². The first-order valence-electron chi connectivity index (χ1n) is 7.72. The molecule has 120 valence electrons. The Balaban J connectivity index is 1.97. The van der Waals surface area contributed by atoms with Crippen LogP contribution in [0.1, 0.15) is 49.4 Å². The van der Waals surface area contributed by atoms with Crippen LogP contribution in [0, 0.1) is 5.92 Å². The molecule has 0 heterocycles. The van der Waals surface area contributed by atoms with Crippen molar-refractivity contribution in [2.75, 3.05) is 6.61 Å². The Hall–Kier alpha value is -0.390. The van der Waals surface area contributed by atoms with Crippen molar-refractivity contribution in [1.29, 1.82) is 0 Å². The van der Waals surface area contributed by atoms with Gasteiger partial charge in [0.05, 0.1) is 6.61 Å². The fraction of sp³-hybridized carbons (Fsp3) is 0.529. The molecular formula is C17H21BrO2S2. The van der Waals surface area contributed by atoms with Crippen molar-refractivity contribution in [2.45, 2.75) is 44.3 Å². The fourth-order valence-corrected chi connectivity index (χ4v) is 4.72. The van der Waals surface area contributed by atoms with Gasteiger partial charge in [0.1, 0.15) is 0 Å². The first-order chi connectivity index (χ1) is 10.6. The van der Waals surface area contributed by atoms with Crippen LogP contribution in [0.25, 0.3) is 0 Å². The quantitative estimate of drug-likeness (QED) is 0.472. The Kier molecular flexibility index (Phi) is 7.38. The number of halogens is 1. The molecule has 22 heavy (non-hydrogen) atoms. The minimum Gasteiger partial charge on any atom is -0.479 e. The average Bonchev–Trinajstić information content (AvgIpc) is 2.50. The smallest absolute Gasteiger partial charge is 0.220 e. The van der Waals surface area contributed by atoms with E-state index in [9.17, 15) is 4.79 Å². The molecule has 0 aromatic heterocycles. The van der Waals surface area contributed by atoms with Gasteiger partial charge in [-0.1, -0.05) is 52.7 Å². The molecule has 0 N–H and O–H groups in total. The molecular weight excluding hydrogens is 380 g/mol. The maximum atomic E-state index is 12.5. The van der Waals surface area contributed by atoms with Crippen LogP contribution in [-0.4, -0.2) is 22.0 Å². The molecule has 1 fully saturated rings. The average molecular weight is 401 g/mol. The predicted octanol–water partition coefficient (Wildman–Crippen LogP) is 5.64. The van der Waals surface area contributed by atoms with E-state index in [1.807, 2.05) is 31.2 Å². The van der Waals surface area contributed by atoms with Gasteiger partial charge in [0.25, 0.3) is 0 Å². The second-order valence-electron chi connectivity index (χ2n) is 5.52. The fourth-order valence-electron chi connectivity index (χ4n) is 2.83. The summed E-state index contributed by atoms with van der Waals surface area (Å²) in [5.41, 5.74) is 0.796.